The highest BCUT2D eigenvalue weighted by Gasteiger charge is 2.01. The molecule has 0 radical (unpaired) electrons. The highest BCUT2D eigenvalue weighted by molar-refractivity contribution is 6.18. The van der Waals surface area contributed by atoms with Gasteiger partial charge in [0, 0.05) is 11.8 Å². The number of hydrogen-bond acceptors (Lipinski definition) is 2. The molecular weight excluding hydrogens is 210 g/mol. The van der Waals surface area contributed by atoms with Crippen LogP contribution < -0.4 is 4.74 Å². The maximum Gasteiger partial charge on any atom is 0.119 e. The third kappa shape index (κ3) is 4.22. The summed E-state index contributed by atoms with van der Waals surface area (Å²) in [4.78, 5) is 0. The third-order valence-corrected chi connectivity index (χ3v) is 2.53. The van der Waals surface area contributed by atoms with Gasteiger partial charge in [-0.3, -0.25) is 0 Å². The largest absolute Gasteiger partial charge is 0.493 e. The highest BCUT2D eigenvalue weighted by Crippen LogP contribution is 2.13. The number of hydrogen-bond donors (Lipinski definition) is 0. The van der Waals surface area contributed by atoms with Crippen molar-refractivity contribution in [2.75, 3.05) is 12.5 Å². The molecule has 1 atom stereocenters. The summed E-state index contributed by atoms with van der Waals surface area (Å²) in [7, 11) is 0. The van der Waals surface area contributed by atoms with Crippen molar-refractivity contribution in [3.05, 3.63) is 29.8 Å². The minimum Gasteiger partial charge on any atom is -0.493 e. The second-order valence-corrected chi connectivity index (χ2v) is 3.86. The number of benzene rings is 1. The van der Waals surface area contributed by atoms with Crippen LogP contribution in [0, 0.1) is 17.2 Å². The van der Waals surface area contributed by atoms with Crippen molar-refractivity contribution >= 4 is 11.6 Å². The predicted molar refractivity (Wildman–Crippen MR) is 61.1 cm³/mol. The van der Waals surface area contributed by atoms with Crippen molar-refractivity contribution in [1.29, 1.82) is 5.26 Å². The first-order chi connectivity index (χ1) is 7.26. The third-order valence-electron chi connectivity index (χ3n) is 2.00. The average Bonchev–Trinajstić information content (AvgIpc) is 2.28. The molecule has 0 aliphatic rings. The van der Waals surface area contributed by atoms with E-state index >= 15 is 0 Å². The molecule has 1 unspecified atom stereocenters. The Morgan fingerprint density at radius 1 is 1.40 bits per heavy atom. The Balaban J connectivity index is 2.46. The lowest BCUT2D eigenvalue weighted by molar-refractivity contribution is 0.272. The molecule has 1 aromatic carbocycles. The minimum absolute atomic E-state index is 0.352. The Kier molecular flexibility index (Phi) is 5.00. The first-order valence-corrected chi connectivity index (χ1v) is 5.44. The average molecular weight is 224 g/mol. The van der Waals surface area contributed by atoms with E-state index in [-0.39, 0.29) is 0 Å². The van der Waals surface area contributed by atoms with Crippen molar-refractivity contribution in [2.24, 2.45) is 5.92 Å². The molecule has 0 aliphatic carbocycles. The summed E-state index contributed by atoms with van der Waals surface area (Å²) in [6.07, 6.45) is 0.443. The number of nitrogens with zero attached hydrogens (tertiary/aromatic N) is 1. The van der Waals surface area contributed by atoms with Gasteiger partial charge in [0.15, 0.2) is 0 Å². The number of rotatable bonds is 5. The van der Waals surface area contributed by atoms with Crippen molar-refractivity contribution in [1.82, 2.24) is 0 Å². The molecular formula is C12H14ClNO. The van der Waals surface area contributed by atoms with E-state index in [9.17, 15) is 0 Å². The first-order valence-electron chi connectivity index (χ1n) is 4.91. The van der Waals surface area contributed by atoms with Crippen molar-refractivity contribution in [3.63, 3.8) is 0 Å². The van der Waals surface area contributed by atoms with Gasteiger partial charge in [-0.25, -0.2) is 0 Å². The molecule has 0 fully saturated rings. The molecule has 1 aromatic rings. The standard InChI is InChI=1S/C12H14ClNO/c1-10(8-13)9-15-12-4-2-11(3-5-12)6-7-14/h2-5,10H,6,8-9H2,1H3. The Hall–Kier alpha value is -1.20. The van der Waals surface area contributed by atoms with Crippen LogP contribution in [0.2, 0.25) is 0 Å². The second-order valence-electron chi connectivity index (χ2n) is 3.55. The van der Waals surface area contributed by atoms with Crippen molar-refractivity contribution in [2.45, 2.75) is 13.3 Å². The molecule has 0 saturated heterocycles. The summed E-state index contributed by atoms with van der Waals surface area (Å²) in [5, 5.41) is 8.50. The van der Waals surface area contributed by atoms with E-state index < -0.39 is 0 Å². The van der Waals surface area contributed by atoms with Crippen LogP contribution in [0.15, 0.2) is 24.3 Å². The predicted octanol–water partition coefficient (Wildman–Crippen LogP) is 3.01. The summed E-state index contributed by atoms with van der Waals surface area (Å²) >= 11 is 5.67. The van der Waals surface area contributed by atoms with Crippen LogP contribution in [0.3, 0.4) is 0 Å². The number of nitriles is 1. The minimum atomic E-state index is 0.352. The molecule has 0 saturated carbocycles. The van der Waals surface area contributed by atoms with Gasteiger partial charge in [-0.15, -0.1) is 11.6 Å². The van der Waals surface area contributed by atoms with Crippen LogP contribution in [0.1, 0.15) is 12.5 Å². The summed E-state index contributed by atoms with van der Waals surface area (Å²) in [6, 6.07) is 9.68. The molecule has 0 bridgehead atoms. The fourth-order valence-electron chi connectivity index (χ4n) is 1.08. The molecule has 80 valence electrons. The van der Waals surface area contributed by atoms with Crippen LogP contribution in [0.25, 0.3) is 0 Å². The van der Waals surface area contributed by atoms with Gasteiger partial charge in [-0.05, 0) is 17.7 Å². The molecule has 0 N–H and O–H groups in total. The van der Waals surface area contributed by atoms with Gasteiger partial charge < -0.3 is 4.74 Å². The van der Waals surface area contributed by atoms with Crippen LogP contribution in [0.4, 0.5) is 0 Å². The number of alkyl halides is 1. The molecule has 0 heterocycles. The number of ether oxygens (including phenoxy) is 1. The summed E-state index contributed by atoms with van der Waals surface area (Å²) in [5.74, 6) is 1.78. The van der Waals surface area contributed by atoms with E-state index in [4.69, 9.17) is 21.6 Å². The van der Waals surface area contributed by atoms with E-state index in [2.05, 4.69) is 6.07 Å². The van der Waals surface area contributed by atoms with E-state index in [1.165, 1.54) is 0 Å². The topological polar surface area (TPSA) is 33.0 Å². The van der Waals surface area contributed by atoms with Gasteiger partial charge in [-0.2, -0.15) is 5.26 Å². The van der Waals surface area contributed by atoms with Gasteiger partial charge >= 0.3 is 0 Å². The van der Waals surface area contributed by atoms with Gasteiger partial charge in [0.25, 0.3) is 0 Å². The van der Waals surface area contributed by atoms with Crippen molar-refractivity contribution < 1.29 is 4.74 Å². The fourth-order valence-corrected chi connectivity index (χ4v) is 1.17. The zero-order valence-electron chi connectivity index (χ0n) is 8.74. The van der Waals surface area contributed by atoms with E-state index in [1.807, 2.05) is 31.2 Å². The normalized spacial score (nSPS) is 11.8. The smallest absolute Gasteiger partial charge is 0.119 e. The Bertz CT molecular complexity index is 328. The molecule has 3 heteroatoms. The SMILES string of the molecule is CC(CCl)COc1ccc(CC#N)cc1. The van der Waals surface area contributed by atoms with Gasteiger partial charge in [0.1, 0.15) is 5.75 Å². The van der Waals surface area contributed by atoms with Crippen molar-refractivity contribution in [3.8, 4) is 11.8 Å². The van der Waals surface area contributed by atoms with Gasteiger partial charge in [-0.1, -0.05) is 19.1 Å². The quantitative estimate of drug-likeness (QED) is 0.719. The van der Waals surface area contributed by atoms with Gasteiger partial charge in [0.05, 0.1) is 19.1 Å². The highest BCUT2D eigenvalue weighted by atomic mass is 35.5. The molecule has 2 nitrogen and oxygen atoms in total. The number of halogens is 1. The first kappa shape index (κ1) is 11.9. The molecule has 0 spiro atoms. The second kappa shape index (κ2) is 6.31. The van der Waals surface area contributed by atoms with Gasteiger partial charge in [0.2, 0.25) is 0 Å². The fraction of sp³-hybridized carbons (Fsp3) is 0.417. The van der Waals surface area contributed by atoms with E-state index in [0.717, 1.165) is 11.3 Å². The maximum absolute atomic E-state index is 8.50. The maximum atomic E-state index is 8.50. The molecule has 1 rings (SSSR count). The molecule has 0 amide bonds. The molecule has 0 aromatic heterocycles. The molecule has 15 heavy (non-hydrogen) atoms. The Morgan fingerprint density at radius 2 is 2.07 bits per heavy atom. The van der Waals surface area contributed by atoms with Crippen LogP contribution in [-0.4, -0.2) is 12.5 Å². The summed E-state index contributed by atoms with van der Waals surface area (Å²) in [6.45, 7) is 2.66. The van der Waals surface area contributed by atoms with E-state index in [0.29, 0.717) is 24.8 Å². The van der Waals surface area contributed by atoms with Crippen LogP contribution in [-0.2, 0) is 6.42 Å². The zero-order valence-corrected chi connectivity index (χ0v) is 9.50. The van der Waals surface area contributed by atoms with E-state index in [1.54, 1.807) is 0 Å². The van der Waals surface area contributed by atoms with Crippen LogP contribution in [0.5, 0.6) is 5.75 Å². The lowest BCUT2D eigenvalue weighted by atomic mass is 10.1. The summed E-state index contributed by atoms with van der Waals surface area (Å²) in [5.41, 5.74) is 1.01. The summed E-state index contributed by atoms with van der Waals surface area (Å²) < 4.78 is 5.52. The zero-order chi connectivity index (χ0) is 11.1. The molecule has 0 aliphatic heterocycles. The monoisotopic (exact) mass is 223 g/mol. The Labute approximate surface area is 95.4 Å². The van der Waals surface area contributed by atoms with Crippen LogP contribution >= 0.6 is 11.6 Å². The lowest BCUT2D eigenvalue weighted by Crippen LogP contribution is -2.09. The lowest BCUT2D eigenvalue weighted by Gasteiger charge is -2.10. The Morgan fingerprint density at radius 3 is 2.60 bits per heavy atom.